The first-order valence-corrected chi connectivity index (χ1v) is 6.89. The zero-order chi connectivity index (χ0) is 14.3. The first-order chi connectivity index (χ1) is 9.06. The summed E-state index contributed by atoms with van der Waals surface area (Å²) in [5.74, 6) is -0.213. The molecule has 0 spiro atoms. The quantitative estimate of drug-likeness (QED) is 0.540. The van der Waals surface area contributed by atoms with Gasteiger partial charge in [-0.3, -0.25) is 4.79 Å². The second kappa shape index (κ2) is 8.13. The van der Waals surface area contributed by atoms with E-state index in [1.165, 1.54) is 0 Å². The lowest BCUT2D eigenvalue weighted by atomic mass is 10.4. The summed E-state index contributed by atoms with van der Waals surface area (Å²) in [6.45, 7) is 5.33. The second-order valence-electron chi connectivity index (χ2n) is 4.09. The number of thioether (sulfide) groups is 1. The SMILES string of the molecule is COCCOCc1nnc(SCC(=O)O)n1C(C)C. The predicted molar refractivity (Wildman–Crippen MR) is 70.3 cm³/mol. The predicted octanol–water partition coefficient (Wildman–Crippen LogP) is 1.20. The number of rotatable bonds is 9. The first kappa shape index (κ1) is 15.9. The molecule has 0 amide bonds. The summed E-state index contributed by atoms with van der Waals surface area (Å²) in [6, 6.07) is 0.146. The number of carboxylic acid groups (broad SMARTS) is 1. The lowest BCUT2D eigenvalue weighted by Crippen LogP contribution is -2.11. The standard InChI is InChI=1S/C11H19N3O4S/c1-8(2)14-9(6-18-5-4-17-3)12-13-11(14)19-7-10(15)16/h8H,4-7H2,1-3H3,(H,15,16). The van der Waals surface area contributed by atoms with Crippen molar-refractivity contribution in [3.8, 4) is 0 Å². The molecule has 0 fully saturated rings. The smallest absolute Gasteiger partial charge is 0.313 e. The summed E-state index contributed by atoms with van der Waals surface area (Å²) < 4.78 is 12.2. The van der Waals surface area contributed by atoms with E-state index in [0.717, 1.165) is 11.8 Å². The van der Waals surface area contributed by atoms with Gasteiger partial charge >= 0.3 is 5.97 Å². The van der Waals surface area contributed by atoms with Crippen molar-refractivity contribution in [1.29, 1.82) is 0 Å². The largest absolute Gasteiger partial charge is 0.481 e. The van der Waals surface area contributed by atoms with Crippen LogP contribution in [-0.4, -0.2) is 51.9 Å². The Morgan fingerprint density at radius 2 is 2.16 bits per heavy atom. The van der Waals surface area contributed by atoms with E-state index >= 15 is 0 Å². The minimum atomic E-state index is -0.874. The summed E-state index contributed by atoms with van der Waals surface area (Å²) in [4.78, 5) is 10.6. The topological polar surface area (TPSA) is 86.5 Å². The maximum Gasteiger partial charge on any atom is 0.313 e. The first-order valence-electron chi connectivity index (χ1n) is 5.91. The number of ether oxygens (including phenoxy) is 2. The molecule has 0 aliphatic heterocycles. The lowest BCUT2D eigenvalue weighted by Gasteiger charge is -2.13. The third-order valence-electron chi connectivity index (χ3n) is 2.24. The van der Waals surface area contributed by atoms with Gasteiger partial charge in [0.25, 0.3) is 0 Å². The van der Waals surface area contributed by atoms with Crippen LogP contribution in [0.5, 0.6) is 0 Å². The molecular weight excluding hydrogens is 270 g/mol. The summed E-state index contributed by atoms with van der Waals surface area (Å²) >= 11 is 1.16. The van der Waals surface area contributed by atoms with Crippen molar-refractivity contribution >= 4 is 17.7 Å². The Kier molecular flexibility index (Phi) is 6.82. The number of nitrogens with zero attached hydrogens (tertiary/aromatic N) is 3. The van der Waals surface area contributed by atoms with Gasteiger partial charge in [-0.15, -0.1) is 10.2 Å². The Morgan fingerprint density at radius 1 is 1.42 bits per heavy atom. The molecule has 0 aliphatic rings. The van der Waals surface area contributed by atoms with Crippen LogP contribution >= 0.6 is 11.8 Å². The fraction of sp³-hybridized carbons (Fsp3) is 0.727. The number of hydrogen-bond donors (Lipinski definition) is 1. The molecule has 1 heterocycles. The van der Waals surface area contributed by atoms with Crippen LogP contribution in [0.25, 0.3) is 0 Å². The van der Waals surface area contributed by atoms with Gasteiger partial charge < -0.3 is 19.1 Å². The molecule has 0 aliphatic carbocycles. The van der Waals surface area contributed by atoms with E-state index in [9.17, 15) is 4.79 Å². The summed E-state index contributed by atoms with van der Waals surface area (Å²) in [5, 5.41) is 17.4. The number of aromatic nitrogens is 3. The van der Waals surface area contributed by atoms with Crippen molar-refractivity contribution in [3.63, 3.8) is 0 Å². The highest BCUT2D eigenvalue weighted by Gasteiger charge is 2.16. The fourth-order valence-electron chi connectivity index (χ4n) is 1.45. The molecule has 1 rings (SSSR count). The molecule has 0 atom stereocenters. The third-order valence-corrected chi connectivity index (χ3v) is 3.17. The molecule has 0 radical (unpaired) electrons. The highest BCUT2D eigenvalue weighted by molar-refractivity contribution is 7.99. The van der Waals surface area contributed by atoms with Gasteiger partial charge in [0.05, 0.1) is 19.0 Å². The van der Waals surface area contributed by atoms with Crippen molar-refractivity contribution in [3.05, 3.63) is 5.82 Å². The Balaban J connectivity index is 2.67. The minimum absolute atomic E-state index is 0.0324. The van der Waals surface area contributed by atoms with Gasteiger partial charge in [-0.25, -0.2) is 0 Å². The molecule has 1 aromatic rings. The third kappa shape index (κ3) is 5.17. The average Bonchev–Trinajstić information content (AvgIpc) is 2.75. The molecule has 0 unspecified atom stereocenters. The molecule has 0 saturated heterocycles. The van der Waals surface area contributed by atoms with Crippen LogP contribution in [0.4, 0.5) is 0 Å². The molecule has 8 heteroatoms. The van der Waals surface area contributed by atoms with Crippen LogP contribution in [0.2, 0.25) is 0 Å². The zero-order valence-corrected chi connectivity index (χ0v) is 12.1. The maximum absolute atomic E-state index is 10.6. The van der Waals surface area contributed by atoms with Crippen molar-refractivity contribution < 1.29 is 19.4 Å². The highest BCUT2D eigenvalue weighted by Crippen LogP contribution is 2.21. The van der Waals surface area contributed by atoms with E-state index < -0.39 is 5.97 Å². The van der Waals surface area contributed by atoms with E-state index in [-0.39, 0.29) is 11.8 Å². The molecular formula is C11H19N3O4S. The van der Waals surface area contributed by atoms with Crippen LogP contribution in [0.1, 0.15) is 25.7 Å². The Hall–Kier alpha value is -1.12. The van der Waals surface area contributed by atoms with Crippen LogP contribution in [0.3, 0.4) is 0 Å². The molecule has 0 bridgehead atoms. The number of methoxy groups -OCH3 is 1. The van der Waals surface area contributed by atoms with Crippen molar-refractivity contribution in [1.82, 2.24) is 14.8 Å². The molecule has 0 aromatic carbocycles. The van der Waals surface area contributed by atoms with Gasteiger partial charge in [0.1, 0.15) is 6.61 Å². The monoisotopic (exact) mass is 289 g/mol. The molecule has 108 valence electrons. The highest BCUT2D eigenvalue weighted by atomic mass is 32.2. The Bertz CT molecular complexity index is 409. The van der Waals surface area contributed by atoms with Gasteiger partial charge in [0.15, 0.2) is 11.0 Å². The zero-order valence-electron chi connectivity index (χ0n) is 11.3. The maximum atomic E-state index is 10.6. The molecule has 0 saturated carbocycles. The fourth-order valence-corrected chi connectivity index (χ4v) is 2.26. The number of carboxylic acids is 1. The van der Waals surface area contributed by atoms with Crippen molar-refractivity contribution in [2.75, 3.05) is 26.1 Å². The van der Waals surface area contributed by atoms with E-state index in [2.05, 4.69) is 10.2 Å². The number of carbonyl (C=O) groups is 1. The number of hydrogen-bond acceptors (Lipinski definition) is 6. The number of aliphatic carboxylic acids is 1. The lowest BCUT2D eigenvalue weighted by molar-refractivity contribution is -0.133. The van der Waals surface area contributed by atoms with Gasteiger partial charge in [-0.2, -0.15) is 0 Å². The average molecular weight is 289 g/mol. The van der Waals surface area contributed by atoms with E-state index in [1.807, 2.05) is 18.4 Å². The minimum Gasteiger partial charge on any atom is -0.481 e. The molecule has 19 heavy (non-hydrogen) atoms. The Labute approximate surface area is 116 Å². The van der Waals surface area contributed by atoms with Gasteiger partial charge in [0.2, 0.25) is 0 Å². The van der Waals surface area contributed by atoms with Crippen molar-refractivity contribution in [2.24, 2.45) is 0 Å². The normalized spacial score (nSPS) is 11.2. The Morgan fingerprint density at radius 3 is 2.74 bits per heavy atom. The summed E-state index contributed by atoms with van der Waals surface area (Å²) in [7, 11) is 1.61. The van der Waals surface area contributed by atoms with Gasteiger partial charge in [-0.1, -0.05) is 11.8 Å². The van der Waals surface area contributed by atoms with Crippen LogP contribution < -0.4 is 0 Å². The van der Waals surface area contributed by atoms with E-state index in [4.69, 9.17) is 14.6 Å². The van der Waals surface area contributed by atoms with Crippen LogP contribution in [0, 0.1) is 0 Å². The van der Waals surface area contributed by atoms with Crippen LogP contribution in [0.15, 0.2) is 5.16 Å². The second-order valence-corrected chi connectivity index (χ2v) is 5.03. The molecule has 1 N–H and O–H groups in total. The van der Waals surface area contributed by atoms with Gasteiger partial charge in [-0.05, 0) is 13.8 Å². The summed E-state index contributed by atoms with van der Waals surface area (Å²) in [6.07, 6.45) is 0. The van der Waals surface area contributed by atoms with Crippen molar-refractivity contribution in [2.45, 2.75) is 31.7 Å². The molecule has 1 aromatic heterocycles. The summed E-state index contributed by atoms with van der Waals surface area (Å²) in [5.41, 5.74) is 0. The van der Waals surface area contributed by atoms with E-state index in [1.54, 1.807) is 7.11 Å². The van der Waals surface area contributed by atoms with Gasteiger partial charge in [0, 0.05) is 13.2 Å². The van der Waals surface area contributed by atoms with E-state index in [0.29, 0.717) is 30.8 Å². The van der Waals surface area contributed by atoms with Crippen LogP contribution in [-0.2, 0) is 20.9 Å². The molecule has 7 nitrogen and oxygen atoms in total.